The number of hydrogen-bond donors (Lipinski definition) is 0. The number of halogens is 1. The van der Waals surface area contributed by atoms with E-state index in [2.05, 4.69) is 53.5 Å². The van der Waals surface area contributed by atoms with E-state index in [0.717, 1.165) is 11.1 Å². The molecule has 0 amide bonds. The average molecular weight is 312 g/mol. The molecule has 0 saturated heterocycles. The molecule has 1 aromatic heterocycles. The highest BCUT2D eigenvalue weighted by molar-refractivity contribution is 7.13. The third-order valence-corrected chi connectivity index (χ3v) is 4.31. The second kappa shape index (κ2) is 6.70. The molecule has 0 N–H and O–H groups in total. The molecule has 3 aromatic rings. The SMILES string of the molecule is ClCc1cccc(/C=C/c2cccc(-c3cncs3)c2)c1. The van der Waals surface area contributed by atoms with E-state index in [1.165, 1.54) is 16.0 Å². The van der Waals surface area contributed by atoms with E-state index in [4.69, 9.17) is 11.6 Å². The van der Waals surface area contributed by atoms with Crippen molar-refractivity contribution in [2.24, 2.45) is 0 Å². The van der Waals surface area contributed by atoms with Crippen LogP contribution in [-0.4, -0.2) is 4.98 Å². The monoisotopic (exact) mass is 311 g/mol. The molecule has 0 atom stereocenters. The maximum Gasteiger partial charge on any atom is 0.0797 e. The van der Waals surface area contributed by atoms with E-state index >= 15 is 0 Å². The van der Waals surface area contributed by atoms with Crippen LogP contribution in [0.25, 0.3) is 22.6 Å². The molecule has 1 heterocycles. The molecule has 2 aromatic carbocycles. The van der Waals surface area contributed by atoms with Gasteiger partial charge < -0.3 is 0 Å². The lowest BCUT2D eigenvalue weighted by molar-refractivity contribution is 1.39. The van der Waals surface area contributed by atoms with E-state index in [-0.39, 0.29) is 0 Å². The molecule has 0 aliphatic rings. The molecule has 0 spiro atoms. The summed E-state index contributed by atoms with van der Waals surface area (Å²) in [5, 5.41) is 0. The molecule has 1 nitrogen and oxygen atoms in total. The molecule has 0 aliphatic carbocycles. The first kappa shape index (κ1) is 14.1. The summed E-state index contributed by atoms with van der Waals surface area (Å²) in [6.07, 6.45) is 6.14. The molecule has 0 aliphatic heterocycles. The van der Waals surface area contributed by atoms with Gasteiger partial charge in [-0.1, -0.05) is 54.6 Å². The summed E-state index contributed by atoms with van der Waals surface area (Å²) in [4.78, 5) is 5.32. The van der Waals surface area contributed by atoms with Crippen molar-refractivity contribution in [1.29, 1.82) is 0 Å². The van der Waals surface area contributed by atoms with Crippen LogP contribution in [0.5, 0.6) is 0 Å². The number of alkyl halides is 1. The van der Waals surface area contributed by atoms with Gasteiger partial charge in [-0.05, 0) is 28.3 Å². The molecule has 104 valence electrons. The molecular weight excluding hydrogens is 298 g/mol. The predicted octanol–water partition coefficient (Wildman–Crippen LogP) is 5.72. The summed E-state index contributed by atoms with van der Waals surface area (Å²) in [7, 11) is 0. The topological polar surface area (TPSA) is 12.9 Å². The predicted molar refractivity (Wildman–Crippen MR) is 92.5 cm³/mol. The fourth-order valence-corrected chi connectivity index (χ4v) is 2.91. The van der Waals surface area contributed by atoms with Crippen molar-refractivity contribution >= 4 is 35.1 Å². The number of rotatable bonds is 4. The lowest BCUT2D eigenvalue weighted by atomic mass is 10.1. The Morgan fingerprint density at radius 2 is 1.76 bits per heavy atom. The number of nitrogens with zero attached hydrogens (tertiary/aromatic N) is 1. The fraction of sp³-hybridized carbons (Fsp3) is 0.0556. The highest BCUT2D eigenvalue weighted by Gasteiger charge is 1.99. The largest absolute Gasteiger partial charge is 0.252 e. The molecule has 3 rings (SSSR count). The fourth-order valence-electron chi connectivity index (χ4n) is 2.13. The van der Waals surface area contributed by atoms with Gasteiger partial charge in [-0.25, -0.2) is 0 Å². The van der Waals surface area contributed by atoms with Gasteiger partial charge in [0.05, 0.1) is 10.4 Å². The number of benzene rings is 2. The van der Waals surface area contributed by atoms with Crippen LogP contribution in [0, 0.1) is 0 Å². The third-order valence-electron chi connectivity index (χ3n) is 3.18. The van der Waals surface area contributed by atoms with Gasteiger partial charge in [0, 0.05) is 12.1 Å². The molecule has 0 saturated carbocycles. The maximum atomic E-state index is 5.87. The van der Waals surface area contributed by atoms with Gasteiger partial charge in [-0.2, -0.15) is 0 Å². The van der Waals surface area contributed by atoms with Crippen molar-refractivity contribution < 1.29 is 0 Å². The summed E-state index contributed by atoms with van der Waals surface area (Å²) >= 11 is 7.52. The summed E-state index contributed by atoms with van der Waals surface area (Å²) in [6.45, 7) is 0. The Morgan fingerprint density at radius 1 is 1.00 bits per heavy atom. The maximum absolute atomic E-state index is 5.87. The van der Waals surface area contributed by atoms with E-state index < -0.39 is 0 Å². The highest BCUT2D eigenvalue weighted by Crippen LogP contribution is 2.24. The Balaban J connectivity index is 1.84. The smallest absolute Gasteiger partial charge is 0.0797 e. The zero-order valence-electron chi connectivity index (χ0n) is 11.4. The van der Waals surface area contributed by atoms with Crippen LogP contribution >= 0.6 is 22.9 Å². The van der Waals surface area contributed by atoms with Crippen LogP contribution in [0.15, 0.2) is 60.2 Å². The first-order chi connectivity index (χ1) is 10.3. The summed E-state index contributed by atoms with van der Waals surface area (Å²) < 4.78 is 0. The van der Waals surface area contributed by atoms with E-state index in [0.29, 0.717) is 5.88 Å². The Labute approximate surface area is 133 Å². The second-order valence-electron chi connectivity index (χ2n) is 4.70. The molecule has 0 radical (unpaired) electrons. The van der Waals surface area contributed by atoms with Gasteiger partial charge in [0.1, 0.15) is 0 Å². The lowest BCUT2D eigenvalue weighted by Crippen LogP contribution is -1.79. The third kappa shape index (κ3) is 3.60. The van der Waals surface area contributed by atoms with E-state index in [1.807, 2.05) is 23.8 Å². The molecule has 0 fully saturated rings. The minimum absolute atomic E-state index is 0.544. The first-order valence-electron chi connectivity index (χ1n) is 6.67. The molecule has 0 unspecified atom stereocenters. The number of hydrogen-bond acceptors (Lipinski definition) is 2. The van der Waals surface area contributed by atoms with Crippen molar-refractivity contribution in [2.75, 3.05) is 0 Å². The number of thiazole rings is 1. The first-order valence-corrected chi connectivity index (χ1v) is 8.08. The van der Waals surface area contributed by atoms with Crippen LogP contribution in [-0.2, 0) is 5.88 Å². The van der Waals surface area contributed by atoms with Gasteiger partial charge in [0.2, 0.25) is 0 Å². The Kier molecular flexibility index (Phi) is 4.49. The Bertz CT molecular complexity index is 747. The van der Waals surface area contributed by atoms with Crippen LogP contribution < -0.4 is 0 Å². The zero-order chi connectivity index (χ0) is 14.5. The quantitative estimate of drug-likeness (QED) is 0.443. The average Bonchev–Trinajstić information content (AvgIpc) is 3.08. The summed E-state index contributed by atoms with van der Waals surface area (Å²) in [5.41, 5.74) is 6.54. The van der Waals surface area contributed by atoms with Crippen LogP contribution in [0.4, 0.5) is 0 Å². The molecule has 3 heteroatoms. The summed E-state index contributed by atoms with van der Waals surface area (Å²) in [6, 6.07) is 16.7. The Morgan fingerprint density at radius 3 is 2.48 bits per heavy atom. The minimum atomic E-state index is 0.544. The standard InChI is InChI=1S/C18H14ClNS/c19-11-16-5-1-3-14(9-16)7-8-15-4-2-6-17(10-15)18-12-20-13-21-18/h1-10,12-13H,11H2/b8-7+. The van der Waals surface area contributed by atoms with Crippen molar-refractivity contribution in [3.8, 4) is 10.4 Å². The second-order valence-corrected chi connectivity index (χ2v) is 5.86. The van der Waals surface area contributed by atoms with E-state index in [9.17, 15) is 0 Å². The van der Waals surface area contributed by atoms with Crippen molar-refractivity contribution in [1.82, 2.24) is 4.98 Å². The van der Waals surface area contributed by atoms with Gasteiger partial charge >= 0.3 is 0 Å². The van der Waals surface area contributed by atoms with Crippen LogP contribution in [0.2, 0.25) is 0 Å². The minimum Gasteiger partial charge on any atom is -0.252 e. The van der Waals surface area contributed by atoms with Gasteiger partial charge in [-0.3, -0.25) is 4.98 Å². The van der Waals surface area contributed by atoms with Crippen molar-refractivity contribution in [3.05, 3.63) is 76.9 Å². The normalized spacial score (nSPS) is 11.1. The van der Waals surface area contributed by atoms with Gasteiger partial charge in [0.15, 0.2) is 0 Å². The molecular formula is C18H14ClNS. The Hall–Kier alpha value is -1.90. The lowest BCUT2D eigenvalue weighted by Gasteiger charge is -2.00. The molecule has 21 heavy (non-hydrogen) atoms. The van der Waals surface area contributed by atoms with Crippen LogP contribution in [0.1, 0.15) is 16.7 Å². The summed E-state index contributed by atoms with van der Waals surface area (Å²) in [5.74, 6) is 0.544. The molecule has 0 bridgehead atoms. The van der Waals surface area contributed by atoms with E-state index in [1.54, 1.807) is 11.3 Å². The number of aromatic nitrogens is 1. The van der Waals surface area contributed by atoms with Crippen molar-refractivity contribution in [3.63, 3.8) is 0 Å². The van der Waals surface area contributed by atoms with Crippen LogP contribution in [0.3, 0.4) is 0 Å². The zero-order valence-corrected chi connectivity index (χ0v) is 12.9. The van der Waals surface area contributed by atoms with Crippen molar-refractivity contribution in [2.45, 2.75) is 5.88 Å². The highest BCUT2D eigenvalue weighted by atomic mass is 35.5. The van der Waals surface area contributed by atoms with Gasteiger partial charge in [-0.15, -0.1) is 22.9 Å². The van der Waals surface area contributed by atoms with Gasteiger partial charge in [0.25, 0.3) is 0 Å².